The van der Waals surface area contributed by atoms with E-state index in [0.29, 0.717) is 17.6 Å². The van der Waals surface area contributed by atoms with E-state index in [1.807, 2.05) is 27.7 Å². The van der Waals surface area contributed by atoms with Crippen molar-refractivity contribution >= 4 is 29.8 Å². The zero-order valence-corrected chi connectivity index (χ0v) is 29.6. The minimum absolute atomic E-state index is 0.115. The Labute approximate surface area is 285 Å². The number of hydrogen-bond acceptors (Lipinski definition) is 13. The highest BCUT2D eigenvalue weighted by atomic mass is 16.6. The third kappa shape index (κ3) is 5.21. The van der Waals surface area contributed by atoms with E-state index >= 15 is 0 Å². The average Bonchev–Trinajstić information content (AvgIpc) is 3.57. The van der Waals surface area contributed by atoms with Gasteiger partial charge in [0.25, 0.3) is 0 Å². The van der Waals surface area contributed by atoms with Crippen LogP contribution in [-0.2, 0) is 52.4 Å². The molecule has 12 atom stereocenters. The number of rotatable bonds is 8. The van der Waals surface area contributed by atoms with Crippen molar-refractivity contribution in [3.05, 3.63) is 36.3 Å². The molecule has 2 aliphatic heterocycles. The molecule has 1 N–H and O–H groups in total. The van der Waals surface area contributed by atoms with E-state index in [0.717, 1.165) is 0 Å². The summed E-state index contributed by atoms with van der Waals surface area (Å²) >= 11 is 0. The maximum absolute atomic E-state index is 13.7. The quantitative estimate of drug-likeness (QED) is 0.236. The van der Waals surface area contributed by atoms with Gasteiger partial charge in [0.15, 0.2) is 12.2 Å². The van der Waals surface area contributed by atoms with Gasteiger partial charge in [-0.2, -0.15) is 0 Å². The zero-order chi connectivity index (χ0) is 36.4. The number of aliphatic hydroxyl groups excluding tert-OH is 1. The lowest BCUT2D eigenvalue weighted by Gasteiger charge is -2.73. The van der Waals surface area contributed by atoms with Gasteiger partial charge in [-0.15, -0.1) is 0 Å². The number of aliphatic hydroxyl groups is 1. The summed E-state index contributed by atoms with van der Waals surface area (Å²) in [5.74, 6) is -5.30. The fourth-order valence-electron chi connectivity index (χ4n) is 9.49. The Hall–Kier alpha value is -3.71. The van der Waals surface area contributed by atoms with Gasteiger partial charge in [-0.1, -0.05) is 41.2 Å². The van der Waals surface area contributed by atoms with Gasteiger partial charge >= 0.3 is 29.8 Å². The van der Waals surface area contributed by atoms with Gasteiger partial charge in [0.2, 0.25) is 0 Å². The standard InChI is InChI=1S/C36H48O13/c1-11-17(2)31(41)47-26-29(46-20(5)38)33(6,7)23(15-25(39)43-10)34(8)22-14-24(45-19(4)37)35(9)28(21-12-13-44-16-21)48-32(42)27(40)36(35,18(22)3)49-30(26)34/h12-13,16-17,22-24,26-30,40H,3,11,14-15H2,1-2,4-10H3/t17?,22-,23-,24-,26-,27+,28-,29-,30-,34+,35-,36+/m0/s1. The first kappa shape index (κ1) is 36.6. The monoisotopic (exact) mass is 688 g/mol. The third-order valence-corrected chi connectivity index (χ3v) is 12.2. The lowest BCUT2D eigenvalue weighted by atomic mass is 9.40. The van der Waals surface area contributed by atoms with E-state index in [1.165, 1.54) is 33.5 Å². The highest BCUT2D eigenvalue weighted by Gasteiger charge is 2.81. The largest absolute Gasteiger partial charge is 0.472 e. The first-order valence-corrected chi connectivity index (χ1v) is 16.7. The molecule has 1 unspecified atom stereocenters. The summed E-state index contributed by atoms with van der Waals surface area (Å²) in [7, 11) is 1.27. The minimum atomic E-state index is -1.99. The van der Waals surface area contributed by atoms with Crippen molar-refractivity contribution in [2.75, 3.05) is 7.11 Å². The summed E-state index contributed by atoms with van der Waals surface area (Å²) in [6.07, 6.45) is -4.51. The van der Waals surface area contributed by atoms with Crippen LogP contribution in [0, 0.1) is 34.0 Å². The summed E-state index contributed by atoms with van der Waals surface area (Å²) in [5.41, 5.74) is -4.97. The molecule has 0 aromatic carbocycles. The fraction of sp³-hybridized carbons (Fsp3) is 0.694. The Morgan fingerprint density at radius 2 is 1.73 bits per heavy atom. The smallest absolute Gasteiger partial charge is 0.339 e. The van der Waals surface area contributed by atoms with E-state index in [1.54, 1.807) is 19.9 Å². The second-order valence-electron chi connectivity index (χ2n) is 15.0. The molecule has 3 heterocycles. The molecule has 0 radical (unpaired) electrons. The molecular formula is C36H48O13. The topological polar surface area (TPSA) is 174 Å². The van der Waals surface area contributed by atoms with Crippen LogP contribution in [0.5, 0.6) is 0 Å². The Morgan fingerprint density at radius 1 is 1.08 bits per heavy atom. The van der Waals surface area contributed by atoms with Crippen LogP contribution >= 0.6 is 0 Å². The highest BCUT2D eigenvalue weighted by Crippen LogP contribution is 2.73. The first-order chi connectivity index (χ1) is 22.8. The molecule has 13 nitrogen and oxygen atoms in total. The number of furan rings is 1. The Bertz CT molecular complexity index is 1510. The molecule has 270 valence electrons. The van der Waals surface area contributed by atoms with E-state index in [4.69, 9.17) is 32.8 Å². The van der Waals surface area contributed by atoms with Crippen LogP contribution in [0.4, 0.5) is 0 Å². The van der Waals surface area contributed by atoms with Crippen molar-refractivity contribution < 1.29 is 61.9 Å². The lowest BCUT2D eigenvalue weighted by molar-refractivity contribution is -0.369. The maximum atomic E-state index is 13.7. The second kappa shape index (κ2) is 12.6. The van der Waals surface area contributed by atoms with Crippen LogP contribution in [0.2, 0.25) is 0 Å². The predicted molar refractivity (Wildman–Crippen MR) is 169 cm³/mol. The lowest BCUT2D eigenvalue weighted by Crippen LogP contribution is -2.82. The van der Waals surface area contributed by atoms with Crippen LogP contribution in [0.1, 0.15) is 86.3 Å². The number of cyclic esters (lactones) is 1. The number of hydrogen-bond donors (Lipinski definition) is 1. The van der Waals surface area contributed by atoms with Gasteiger partial charge in [0.05, 0.1) is 31.0 Å². The number of methoxy groups -OCH3 is 1. The molecule has 1 aromatic heterocycles. The predicted octanol–water partition coefficient (Wildman–Crippen LogP) is 4.01. The number of carbonyl (C=O) groups is 5. The van der Waals surface area contributed by atoms with Crippen LogP contribution in [0.25, 0.3) is 0 Å². The van der Waals surface area contributed by atoms with Gasteiger partial charge in [0.1, 0.15) is 30.0 Å². The average molecular weight is 689 g/mol. The van der Waals surface area contributed by atoms with Crippen LogP contribution < -0.4 is 0 Å². The maximum Gasteiger partial charge on any atom is 0.339 e. The minimum Gasteiger partial charge on any atom is -0.472 e. The summed E-state index contributed by atoms with van der Waals surface area (Å²) in [6, 6.07) is 1.60. The summed E-state index contributed by atoms with van der Waals surface area (Å²) in [5, 5.41) is 12.0. The molecule has 5 rings (SSSR count). The molecule has 2 saturated carbocycles. The van der Waals surface area contributed by atoms with Crippen LogP contribution in [-0.4, -0.2) is 78.2 Å². The Kier molecular flexibility index (Phi) is 9.37. The molecule has 1 aromatic rings. The van der Waals surface area contributed by atoms with Crippen LogP contribution in [0.15, 0.2) is 35.2 Å². The SMILES string of the molecule is C=C1[C@@H]2C[C@H](OC(C)=O)[C@@]3(C)[C@H](c4ccoc4)OC(=O)[C@@H](O)[C@]13O[C@H]1[C@@H](OC(=O)C(C)CC)[C@H](OC(C)=O)C(C)(C)[C@H](CC(=O)OC)[C@@]21C. The van der Waals surface area contributed by atoms with Crippen molar-refractivity contribution in [2.24, 2.45) is 34.0 Å². The highest BCUT2D eigenvalue weighted by molar-refractivity contribution is 5.80. The molecular weight excluding hydrogens is 640 g/mol. The third-order valence-electron chi connectivity index (χ3n) is 12.2. The summed E-state index contributed by atoms with van der Waals surface area (Å²) < 4.78 is 41.9. The molecule has 13 heteroatoms. The van der Waals surface area contributed by atoms with Gasteiger partial charge in [0, 0.05) is 36.7 Å². The summed E-state index contributed by atoms with van der Waals surface area (Å²) in [4.78, 5) is 66.0. The molecule has 1 spiro atoms. The van der Waals surface area contributed by atoms with Crippen molar-refractivity contribution in [2.45, 2.75) is 117 Å². The van der Waals surface area contributed by atoms with Crippen molar-refractivity contribution in [1.29, 1.82) is 0 Å². The number of esters is 5. The van der Waals surface area contributed by atoms with Crippen molar-refractivity contribution in [3.63, 3.8) is 0 Å². The van der Waals surface area contributed by atoms with E-state index in [2.05, 4.69) is 6.58 Å². The van der Waals surface area contributed by atoms with Crippen molar-refractivity contribution in [3.8, 4) is 0 Å². The second-order valence-corrected chi connectivity index (χ2v) is 15.0. The normalized spacial score (nSPS) is 39.7. The molecule has 49 heavy (non-hydrogen) atoms. The Balaban J connectivity index is 1.83. The molecule has 2 aliphatic carbocycles. The number of ether oxygens (including phenoxy) is 6. The molecule has 2 saturated heterocycles. The summed E-state index contributed by atoms with van der Waals surface area (Å²) in [6.45, 7) is 17.7. The van der Waals surface area contributed by atoms with Gasteiger partial charge < -0.3 is 37.9 Å². The Morgan fingerprint density at radius 3 is 2.29 bits per heavy atom. The van der Waals surface area contributed by atoms with Gasteiger partial charge in [-0.3, -0.25) is 19.2 Å². The van der Waals surface area contributed by atoms with E-state index in [-0.39, 0.29) is 12.8 Å². The molecule has 4 aliphatic rings. The fourth-order valence-corrected chi connectivity index (χ4v) is 9.49. The van der Waals surface area contributed by atoms with Crippen LogP contribution in [0.3, 0.4) is 0 Å². The number of carbonyl (C=O) groups excluding carboxylic acids is 5. The zero-order valence-electron chi connectivity index (χ0n) is 29.6. The number of fused-ring (bicyclic) bond motifs is 3. The molecule has 4 fully saturated rings. The molecule has 2 bridgehead atoms. The van der Waals surface area contributed by atoms with E-state index < -0.39 is 106 Å². The molecule has 0 amide bonds. The van der Waals surface area contributed by atoms with Gasteiger partial charge in [-0.25, -0.2) is 4.79 Å². The van der Waals surface area contributed by atoms with E-state index in [9.17, 15) is 29.1 Å². The first-order valence-electron chi connectivity index (χ1n) is 16.7. The van der Waals surface area contributed by atoms with Gasteiger partial charge in [-0.05, 0) is 43.2 Å². The van der Waals surface area contributed by atoms with Crippen molar-refractivity contribution in [1.82, 2.24) is 0 Å².